The average Bonchev–Trinajstić information content (AvgIpc) is 2.58. The van der Waals surface area contributed by atoms with Crippen LogP contribution in [-0.4, -0.2) is 25.7 Å². The molecule has 130 valence electrons. The van der Waals surface area contributed by atoms with Gasteiger partial charge in [0.15, 0.2) is 6.61 Å². The Kier molecular flexibility index (Phi) is 4.56. The Balaban J connectivity index is 2.05. The van der Waals surface area contributed by atoms with E-state index in [0.29, 0.717) is 17.1 Å². The van der Waals surface area contributed by atoms with E-state index in [-0.39, 0.29) is 24.3 Å². The summed E-state index contributed by atoms with van der Waals surface area (Å²) < 4.78 is 20.4. The molecule has 1 aliphatic rings. The molecule has 1 aromatic carbocycles. The number of methoxy groups -OCH3 is 1. The standard InChI is InChI=1S/C18H16O7/c1-10-7-14-17(18(21)24-10)12(8-15(19)25-14)11-5-3-4-6-13(11)23-9-16(20)22-2/h3-7,12H,8-9H2,1-2H3/t12-/m1/s1. The van der Waals surface area contributed by atoms with E-state index >= 15 is 0 Å². The number of esters is 2. The minimum atomic E-state index is -0.582. The molecular formula is C18H16O7. The number of carbonyl (C=O) groups is 2. The van der Waals surface area contributed by atoms with Crippen LogP contribution in [0.5, 0.6) is 11.5 Å². The van der Waals surface area contributed by atoms with E-state index in [1.165, 1.54) is 13.2 Å². The van der Waals surface area contributed by atoms with Crippen molar-refractivity contribution in [2.24, 2.45) is 0 Å². The predicted molar refractivity (Wildman–Crippen MR) is 85.8 cm³/mol. The van der Waals surface area contributed by atoms with E-state index in [1.54, 1.807) is 31.2 Å². The van der Waals surface area contributed by atoms with E-state index in [0.717, 1.165) is 0 Å². The SMILES string of the molecule is COC(=O)COc1ccccc1[C@H]1CC(=O)Oc2cc(C)oc(=O)c21. The smallest absolute Gasteiger partial charge is 0.343 e. The van der Waals surface area contributed by atoms with E-state index in [9.17, 15) is 14.4 Å². The van der Waals surface area contributed by atoms with E-state index < -0.39 is 23.5 Å². The van der Waals surface area contributed by atoms with Crippen molar-refractivity contribution >= 4 is 11.9 Å². The van der Waals surface area contributed by atoms with Gasteiger partial charge in [0.25, 0.3) is 0 Å². The van der Waals surface area contributed by atoms with Gasteiger partial charge in [0.1, 0.15) is 17.3 Å². The molecule has 0 saturated heterocycles. The Morgan fingerprint density at radius 3 is 2.80 bits per heavy atom. The summed E-state index contributed by atoms with van der Waals surface area (Å²) in [7, 11) is 1.26. The molecule has 0 bridgehead atoms. The Labute approximate surface area is 143 Å². The maximum absolute atomic E-state index is 12.3. The first-order valence-corrected chi connectivity index (χ1v) is 7.63. The molecule has 7 heteroatoms. The number of carbonyl (C=O) groups excluding carboxylic acids is 2. The van der Waals surface area contributed by atoms with E-state index in [2.05, 4.69) is 4.74 Å². The maximum atomic E-state index is 12.3. The van der Waals surface area contributed by atoms with Crippen molar-refractivity contribution in [2.45, 2.75) is 19.3 Å². The first-order valence-electron chi connectivity index (χ1n) is 7.63. The quantitative estimate of drug-likeness (QED) is 0.783. The lowest BCUT2D eigenvalue weighted by Gasteiger charge is -2.25. The summed E-state index contributed by atoms with van der Waals surface area (Å²) in [5.41, 5.74) is 0.301. The van der Waals surface area contributed by atoms with Gasteiger partial charge in [-0.25, -0.2) is 9.59 Å². The summed E-state index contributed by atoms with van der Waals surface area (Å²) in [5, 5.41) is 0. The Morgan fingerprint density at radius 1 is 1.28 bits per heavy atom. The minimum Gasteiger partial charge on any atom is -0.482 e. The Bertz CT molecular complexity index is 881. The lowest BCUT2D eigenvalue weighted by molar-refractivity contribution is -0.143. The first kappa shape index (κ1) is 16.8. The van der Waals surface area contributed by atoms with Crippen molar-refractivity contribution in [3.8, 4) is 11.5 Å². The molecule has 0 N–H and O–H groups in total. The van der Waals surface area contributed by atoms with Crippen molar-refractivity contribution < 1.29 is 28.2 Å². The lowest BCUT2D eigenvalue weighted by Crippen LogP contribution is -2.27. The fourth-order valence-corrected chi connectivity index (χ4v) is 2.79. The third-order valence-corrected chi connectivity index (χ3v) is 3.88. The Hall–Kier alpha value is -3.09. The van der Waals surface area contributed by atoms with E-state index in [4.69, 9.17) is 13.9 Å². The normalized spacial score (nSPS) is 15.9. The van der Waals surface area contributed by atoms with Crippen molar-refractivity contribution in [1.29, 1.82) is 0 Å². The number of rotatable bonds is 4. The predicted octanol–water partition coefficient (Wildman–Crippen LogP) is 1.94. The van der Waals surface area contributed by atoms with E-state index in [1.807, 2.05) is 0 Å². The van der Waals surface area contributed by atoms with Crippen LogP contribution in [0.4, 0.5) is 0 Å². The maximum Gasteiger partial charge on any atom is 0.343 e. The van der Waals surface area contributed by atoms with Gasteiger partial charge in [-0.05, 0) is 13.0 Å². The number of benzene rings is 1. The third kappa shape index (κ3) is 3.40. The molecule has 0 spiro atoms. The number of para-hydroxylation sites is 1. The molecule has 25 heavy (non-hydrogen) atoms. The van der Waals surface area contributed by atoms with Gasteiger partial charge in [-0.2, -0.15) is 0 Å². The minimum absolute atomic E-state index is 0.0284. The van der Waals surface area contributed by atoms with Gasteiger partial charge in [-0.3, -0.25) is 4.79 Å². The molecule has 1 aliphatic heterocycles. The molecular weight excluding hydrogens is 328 g/mol. The monoisotopic (exact) mass is 344 g/mol. The fourth-order valence-electron chi connectivity index (χ4n) is 2.79. The molecule has 1 atom stereocenters. The van der Waals surface area contributed by atoms with Crippen LogP contribution < -0.4 is 15.1 Å². The molecule has 2 heterocycles. The van der Waals surface area contributed by atoms with Crippen LogP contribution in [0.25, 0.3) is 0 Å². The summed E-state index contributed by atoms with van der Waals surface area (Å²) >= 11 is 0. The van der Waals surface area contributed by atoms with Crippen LogP contribution in [0.1, 0.15) is 29.2 Å². The van der Waals surface area contributed by atoms with Crippen molar-refractivity contribution in [1.82, 2.24) is 0 Å². The molecule has 2 aromatic rings. The summed E-state index contributed by atoms with van der Waals surface area (Å²) in [6, 6.07) is 8.40. The summed E-state index contributed by atoms with van der Waals surface area (Å²) in [4.78, 5) is 35.6. The molecule has 0 aliphatic carbocycles. The highest BCUT2D eigenvalue weighted by Crippen LogP contribution is 2.40. The number of fused-ring (bicyclic) bond motifs is 1. The van der Waals surface area contributed by atoms with Gasteiger partial charge < -0.3 is 18.6 Å². The fraction of sp³-hybridized carbons (Fsp3) is 0.278. The van der Waals surface area contributed by atoms with Crippen LogP contribution in [-0.2, 0) is 14.3 Å². The van der Waals surface area contributed by atoms with Gasteiger partial charge in [-0.15, -0.1) is 0 Å². The summed E-state index contributed by atoms with van der Waals surface area (Å²) in [6.07, 6.45) is -0.0284. The summed E-state index contributed by atoms with van der Waals surface area (Å²) in [6.45, 7) is 1.33. The second-order valence-electron chi connectivity index (χ2n) is 5.56. The molecule has 0 fully saturated rings. The molecule has 0 radical (unpaired) electrons. The number of hydrogen-bond donors (Lipinski definition) is 0. The van der Waals surface area contributed by atoms with Gasteiger partial charge in [-0.1, -0.05) is 18.2 Å². The zero-order valence-electron chi connectivity index (χ0n) is 13.7. The van der Waals surface area contributed by atoms with Crippen LogP contribution in [0.15, 0.2) is 39.5 Å². The highest BCUT2D eigenvalue weighted by atomic mass is 16.6. The molecule has 1 aromatic heterocycles. The van der Waals surface area contributed by atoms with Crippen molar-refractivity contribution in [3.63, 3.8) is 0 Å². The first-order chi connectivity index (χ1) is 12.0. The van der Waals surface area contributed by atoms with Gasteiger partial charge >= 0.3 is 17.6 Å². The third-order valence-electron chi connectivity index (χ3n) is 3.88. The lowest BCUT2D eigenvalue weighted by atomic mass is 9.87. The zero-order valence-corrected chi connectivity index (χ0v) is 13.7. The molecule has 3 rings (SSSR count). The molecule has 7 nitrogen and oxygen atoms in total. The highest BCUT2D eigenvalue weighted by Gasteiger charge is 2.34. The van der Waals surface area contributed by atoms with Crippen LogP contribution in [0, 0.1) is 6.92 Å². The van der Waals surface area contributed by atoms with Crippen LogP contribution in [0.3, 0.4) is 0 Å². The highest BCUT2D eigenvalue weighted by molar-refractivity contribution is 5.78. The zero-order chi connectivity index (χ0) is 18.0. The van der Waals surface area contributed by atoms with Gasteiger partial charge in [0, 0.05) is 17.5 Å². The average molecular weight is 344 g/mol. The number of aryl methyl sites for hydroxylation is 1. The van der Waals surface area contributed by atoms with Gasteiger partial charge in [0.2, 0.25) is 0 Å². The Morgan fingerprint density at radius 2 is 2.04 bits per heavy atom. The second-order valence-corrected chi connectivity index (χ2v) is 5.56. The van der Waals surface area contributed by atoms with Gasteiger partial charge in [0.05, 0.1) is 19.1 Å². The van der Waals surface area contributed by atoms with Crippen LogP contribution in [0.2, 0.25) is 0 Å². The molecule has 0 saturated carbocycles. The second kappa shape index (κ2) is 6.80. The topological polar surface area (TPSA) is 92.0 Å². The number of hydrogen-bond acceptors (Lipinski definition) is 7. The summed E-state index contributed by atoms with van der Waals surface area (Å²) in [5.74, 6) is -0.635. The molecule has 0 amide bonds. The number of ether oxygens (including phenoxy) is 3. The molecule has 0 unspecified atom stereocenters. The largest absolute Gasteiger partial charge is 0.482 e. The van der Waals surface area contributed by atoms with Crippen LogP contribution >= 0.6 is 0 Å². The van der Waals surface area contributed by atoms with Crippen molar-refractivity contribution in [2.75, 3.05) is 13.7 Å². The van der Waals surface area contributed by atoms with Crippen molar-refractivity contribution in [3.05, 3.63) is 57.6 Å².